The Kier molecular flexibility index (Phi) is 4.47. The summed E-state index contributed by atoms with van der Waals surface area (Å²) in [6.45, 7) is 2.05. The Morgan fingerprint density at radius 2 is 2.00 bits per heavy atom. The lowest BCUT2D eigenvalue weighted by atomic mass is 10.3. The van der Waals surface area contributed by atoms with Crippen molar-refractivity contribution in [3.8, 4) is 0 Å². The van der Waals surface area contributed by atoms with Crippen molar-refractivity contribution >= 4 is 17.4 Å². The first-order valence-electron chi connectivity index (χ1n) is 4.38. The van der Waals surface area contributed by atoms with E-state index in [1.54, 1.807) is 0 Å². The maximum atomic E-state index is 3.10. The minimum absolute atomic E-state index is 1.05. The zero-order valence-corrected chi connectivity index (χ0v) is 8.90. The Morgan fingerprint density at radius 1 is 1.31 bits per heavy atom. The number of rotatable bonds is 4. The number of hydrogen-bond donors (Lipinski definition) is 1. The number of anilines is 1. The highest BCUT2D eigenvalue weighted by atomic mass is 32.2. The molecular weight excluding hydrogens is 178 g/mol. The van der Waals surface area contributed by atoms with Crippen molar-refractivity contribution in [1.82, 2.24) is 0 Å². The quantitative estimate of drug-likeness (QED) is 0.581. The number of nitrogens with one attached hydrogen (secondary N) is 1. The second-order valence-corrected chi connectivity index (χ2v) is 3.75. The van der Waals surface area contributed by atoms with Crippen molar-refractivity contribution in [2.75, 3.05) is 18.1 Å². The Hall–Kier alpha value is -0.890. The maximum Gasteiger partial charge on any atom is 0.0338 e. The van der Waals surface area contributed by atoms with Crippen LogP contribution in [0.3, 0.4) is 0 Å². The molecule has 1 nitrogen and oxygen atoms in total. The second kappa shape index (κ2) is 5.70. The monoisotopic (exact) mass is 193 g/mol. The molecule has 2 heteroatoms. The largest absolute Gasteiger partial charge is 0.388 e. The Morgan fingerprint density at radius 3 is 2.54 bits per heavy atom. The van der Waals surface area contributed by atoms with Crippen LogP contribution in [0.4, 0.5) is 5.69 Å². The molecule has 0 aromatic heterocycles. The van der Waals surface area contributed by atoms with Crippen molar-refractivity contribution in [3.63, 3.8) is 0 Å². The van der Waals surface area contributed by atoms with Gasteiger partial charge in [-0.1, -0.05) is 12.2 Å². The summed E-state index contributed by atoms with van der Waals surface area (Å²) in [7, 11) is 1.93. The molecule has 1 N–H and O–H groups in total. The summed E-state index contributed by atoms with van der Waals surface area (Å²) in [4.78, 5) is 1.32. The summed E-state index contributed by atoms with van der Waals surface area (Å²) in [6, 6.07) is 8.47. The lowest BCUT2D eigenvalue weighted by Gasteiger charge is -2.01. The van der Waals surface area contributed by atoms with E-state index in [2.05, 4.69) is 41.7 Å². The van der Waals surface area contributed by atoms with Crippen molar-refractivity contribution in [1.29, 1.82) is 0 Å². The third kappa shape index (κ3) is 3.55. The minimum Gasteiger partial charge on any atom is -0.388 e. The molecule has 0 saturated heterocycles. The molecule has 0 bridgehead atoms. The highest BCUT2D eigenvalue weighted by Gasteiger charge is 1.91. The first-order chi connectivity index (χ1) is 6.36. The molecular formula is C11H15NS. The van der Waals surface area contributed by atoms with Crippen molar-refractivity contribution < 1.29 is 0 Å². The third-order valence-electron chi connectivity index (χ3n) is 1.72. The molecule has 0 fully saturated rings. The topological polar surface area (TPSA) is 12.0 Å². The Balaban J connectivity index is 2.49. The number of hydrogen-bond acceptors (Lipinski definition) is 2. The molecule has 0 spiro atoms. The van der Waals surface area contributed by atoms with Crippen molar-refractivity contribution in [2.24, 2.45) is 0 Å². The lowest BCUT2D eigenvalue weighted by molar-refractivity contribution is 1.42. The van der Waals surface area contributed by atoms with Crippen LogP contribution in [-0.4, -0.2) is 12.8 Å². The van der Waals surface area contributed by atoms with E-state index < -0.39 is 0 Å². The van der Waals surface area contributed by atoms with Gasteiger partial charge in [0.2, 0.25) is 0 Å². The number of thioether (sulfide) groups is 1. The molecule has 0 aliphatic carbocycles. The predicted octanol–water partition coefficient (Wildman–Crippen LogP) is 3.40. The zero-order valence-electron chi connectivity index (χ0n) is 8.08. The predicted molar refractivity (Wildman–Crippen MR) is 61.5 cm³/mol. The normalized spacial score (nSPS) is 10.6. The van der Waals surface area contributed by atoms with Gasteiger partial charge < -0.3 is 5.32 Å². The molecule has 0 heterocycles. The van der Waals surface area contributed by atoms with Crippen LogP contribution in [0.2, 0.25) is 0 Å². The van der Waals surface area contributed by atoms with Gasteiger partial charge in [-0.2, -0.15) is 0 Å². The maximum absolute atomic E-state index is 3.10. The van der Waals surface area contributed by atoms with Crippen LogP contribution in [0.25, 0.3) is 0 Å². The van der Waals surface area contributed by atoms with Gasteiger partial charge in [0, 0.05) is 23.4 Å². The molecule has 0 amide bonds. The molecule has 1 rings (SSSR count). The fourth-order valence-electron chi connectivity index (χ4n) is 0.958. The van der Waals surface area contributed by atoms with Crippen LogP contribution < -0.4 is 5.32 Å². The van der Waals surface area contributed by atoms with Crippen molar-refractivity contribution in [2.45, 2.75) is 11.8 Å². The molecule has 0 saturated carbocycles. The molecule has 0 unspecified atom stereocenters. The Bertz CT molecular complexity index is 264. The van der Waals surface area contributed by atoms with E-state index in [1.165, 1.54) is 4.90 Å². The molecule has 1 aromatic rings. The fourth-order valence-corrected chi connectivity index (χ4v) is 1.77. The van der Waals surface area contributed by atoms with Gasteiger partial charge in [0.15, 0.2) is 0 Å². The third-order valence-corrected chi connectivity index (χ3v) is 2.69. The summed E-state index contributed by atoms with van der Waals surface area (Å²) in [5.41, 5.74) is 1.16. The van der Waals surface area contributed by atoms with Gasteiger partial charge in [0.1, 0.15) is 0 Å². The van der Waals surface area contributed by atoms with Crippen LogP contribution >= 0.6 is 11.8 Å². The van der Waals surface area contributed by atoms with E-state index in [-0.39, 0.29) is 0 Å². The standard InChI is InChI=1S/C11H15NS/c1-3-4-9-13-11-7-5-10(12-2)6-8-11/h3-8,12H,9H2,1-2H3/b4-3+. The fraction of sp³-hybridized carbons (Fsp3) is 0.273. The van der Waals surface area contributed by atoms with E-state index in [4.69, 9.17) is 0 Å². The lowest BCUT2D eigenvalue weighted by Crippen LogP contribution is -1.86. The van der Waals surface area contributed by atoms with Crippen LogP contribution in [0.1, 0.15) is 6.92 Å². The van der Waals surface area contributed by atoms with Crippen LogP contribution in [-0.2, 0) is 0 Å². The van der Waals surface area contributed by atoms with E-state index in [9.17, 15) is 0 Å². The molecule has 0 aliphatic rings. The zero-order chi connectivity index (χ0) is 9.52. The van der Waals surface area contributed by atoms with E-state index >= 15 is 0 Å². The number of allylic oxidation sites excluding steroid dienone is 1. The van der Waals surface area contributed by atoms with Crippen molar-refractivity contribution in [3.05, 3.63) is 36.4 Å². The smallest absolute Gasteiger partial charge is 0.0338 e. The van der Waals surface area contributed by atoms with Gasteiger partial charge in [-0.05, 0) is 31.2 Å². The summed E-state index contributed by atoms with van der Waals surface area (Å²) < 4.78 is 0. The van der Waals surface area contributed by atoms with Gasteiger partial charge >= 0.3 is 0 Å². The molecule has 1 aromatic carbocycles. The molecule has 0 radical (unpaired) electrons. The van der Waals surface area contributed by atoms with Gasteiger partial charge in [-0.15, -0.1) is 11.8 Å². The first-order valence-corrected chi connectivity index (χ1v) is 5.37. The SMILES string of the molecule is C/C=C/CSc1ccc(NC)cc1. The average Bonchev–Trinajstić information content (AvgIpc) is 2.19. The summed E-state index contributed by atoms with van der Waals surface area (Å²) in [5.74, 6) is 1.05. The molecule has 70 valence electrons. The Labute approximate surface area is 84.2 Å². The molecule has 0 aliphatic heterocycles. The van der Waals surface area contributed by atoms with E-state index in [0.29, 0.717) is 0 Å². The molecule has 0 atom stereocenters. The van der Waals surface area contributed by atoms with E-state index in [0.717, 1.165) is 11.4 Å². The first kappa shape index (κ1) is 10.2. The second-order valence-electron chi connectivity index (χ2n) is 2.65. The highest BCUT2D eigenvalue weighted by Crippen LogP contribution is 2.19. The van der Waals surface area contributed by atoms with Gasteiger partial charge in [0.05, 0.1) is 0 Å². The minimum atomic E-state index is 1.05. The van der Waals surface area contributed by atoms with Crippen LogP contribution in [0.5, 0.6) is 0 Å². The van der Waals surface area contributed by atoms with Crippen LogP contribution in [0.15, 0.2) is 41.3 Å². The summed E-state index contributed by atoms with van der Waals surface area (Å²) in [6.07, 6.45) is 4.24. The van der Waals surface area contributed by atoms with Gasteiger partial charge in [0.25, 0.3) is 0 Å². The van der Waals surface area contributed by atoms with Gasteiger partial charge in [-0.25, -0.2) is 0 Å². The van der Waals surface area contributed by atoms with Crippen LogP contribution in [0, 0.1) is 0 Å². The molecule has 13 heavy (non-hydrogen) atoms. The number of benzene rings is 1. The summed E-state index contributed by atoms with van der Waals surface area (Å²) >= 11 is 1.85. The van der Waals surface area contributed by atoms with E-state index in [1.807, 2.05) is 25.7 Å². The average molecular weight is 193 g/mol. The van der Waals surface area contributed by atoms with Gasteiger partial charge in [-0.3, -0.25) is 0 Å². The highest BCUT2D eigenvalue weighted by molar-refractivity contribution is 7.99. The summed E-state index contributed by atoms with van der Waals surface area (Å²) in [5, 5.41) is 3.10.